The summed E-state index contributed by atoms with van der Waals surface area (Å²) in [6, 6.07) is 0.0828. The molecule has 3 rings (SSSR count). The minimum absolute atomic E-state index is 0.0343. The molecule has 1 aromatic heterocycles. The Labute approximate surface area is 139 Å². The third-order valence-corrected chi connectivity index (χ3v) is 4.81. The quantitative estimate of drug-likeness (QED) is 0.466. The molecule has 9 heteroatoms. The van der Waals surface area contributed by atoms with Crippen molar-refractivity contribution in [1.82, 2.24) is 9.78 Å². The third kappa shape index (κ3) is 3.35. The largest absolute Gasteiger partial charge is 0.469 e. The van der Waals surface area contributed by atoms with Crippen molar-refractivity contribution >= 4 is 17.5 Å². The maximum atomic E-state index is 11.6. The number of anilines is 1. The Kier molecular flexibility index (Phi) is 4.98. The number of ether oxygens (including phenoxy) is 2. The summed E-state index contributed by atoms with van der Waals surface area (Å²) in [5, 5.41) is 15.9. The van der Waals surface area contributed by atoms with Gasteiger partial charge in [-0.25, -0.2) is 0 Å². The van der Waals surface area contributed by atoms with Crippen LogP contribution in [0.1, 0.15) is 31.7 Å². The molecule has 0 atom stereocenters. The number of hydrogen-bond acceptors (Lipinski definition) is 7. The Bertz CT molecular complexity index is 603. The van der Waals surface area contributed by atoms with E-state index in [0.717, 1.165) is 25.7 Å². The molecule has 0 spiro atoms. The molecule has 0 bridgehead atoms. The van der Waals surface area contributed by atoms with E-state index < -0.39 is 0 Å². The van der Waals surface area contributed by atoms with Crippen molar-refractivity contribution in [3.63, 3.8) is 0 Å². The number of carbonyl (C=O) groups excluding carboxylic acids is 1. The van der Waals surface area contributed by atoms with Crippen molar-refractivity contribution < 1.29 is 19.2 Å². The van der Waals surface area contributed by atoms with E-state index in [0.29, 0.717) is 32.1 Å². The lowest BCUT2D eigenvalue weighted by molar-refractivity contribution is -0.384. The molecule has 2 heterocycles. The number of methoxy groups -OCH3 is 1. The zero-order valence-electron chi connectivity index (χ0n) is 13.7. The molecule has 1 saturated carbocycles. The lowest BCUT2D eigenvalue weighted by Gasteiger charge is -2.28. The van der Waals surface area contributed by atoms with Gasteiger partial charge in [-0.3, -0.25) is 19.6 Å². The van der Waals surface area contributed by atoms with E-state index in [2.05, 4.69) is 5.10 Å². The normalized spacial score (nSPS) is 24.6. The van der Waals surface area contributed by atoms with E-state index in [1.54, 1.807) is 4.68 Å². The summed E-state index contributed by atoms with van der Waals surface area (Å²) >= 11 is 0. The Morgan fingerprint density at radius 3 is 2.58 bits per heavy atom. The molecule has 1 aliphatic carbocycles. The summed E-state index contributed by atoms with van der Waals surface area (Å²) in [6.45, 7) is 2.31. The molecular formula is C15H22N4O5. The SMILES string of the molecule is COC(=O)C1CCC(n2cc([N+](=O)[O-])c(N3CCOCC3)n2)CC1. The van der Waals surface area contributed by atoms with Crippen molar-refractivity contribution in [1.29, 1.82) is 0 Å². The van der Waals surface area contributed by atoms with Crippen LogP contribution in [-0.2, 0) is 14.3 Å². The van der Waals surface area contributed by atoms with Gasteiger partial charge in [0.25, 0.3) is 0 Å². The van der Waals surface area contributed by atoms with Crippen LogP contribution in [0, 0.1) is 16.0 Å². The van der Waals surface area contributed by atoms with Crippen molar-refractivity contribution in [2.75, 3.05) is 38.3 Å². The Morgan fingerprint density at radius 2 is 2.00 bits per heavy atom. The first-order valence-corrected chi connectivity index (χ1v) is 8.24. The summed E-state index contributed by atoms with van der Waals surface area (Å²) in [7, 11) is 1.40. The predicted octanol–water partition coefficient (Wildman–Crippen LogP) is 1.53. The first kappa shape index (κ1) is 16.7. The minimum atomic E-state index is -0.381. The number of nitro groups is 1. The topological polar surface area (TPSA) is 99.7 Å². The zero-order valence-corrected chi connectivity index (χ0v) is 13.7. The highest BCUT2D eigenvalue weighted by molar-refractivity contribution is 5.72. The number of hydrogen-bond donors (Lipinski definition) is 0. The molecule has 2 aliphatic rings. The average Bonchev–Trinajstić information content (AvgIpc) is 3.07. The first-order chi connectivity index (χ1) is 11.6. The molecule has 2 fully saturated rings. The zero-order chi connectivity index (χ0) is 17.1. The molecule has 1 aliphatic heterocycles. The number of aromatic nitrogens is 2. The lowest BCUT2D eigenvalue weighted by atomic mass is 9.86. The van der Waals surface area contributed by atoms with E-state index in [4.69, 9.17) is 9.47 Å². The van der Waals surface area contributed by atoms with Gasteiger partial charge in [0.15, 0.2) is 0 Å². The van der Waals surface area contributed by atoms with E-state index >= 15 is 0 Å². The number of nitrogens with zero attached hydrogens (tertiary/aromatic N) is 4. The maximum absolute atomic E-state index is 11.6. The Balaban J connectivity index is 1.74. The van der Waals surface area contributed by atoms with Crippen molar-refractivity contribution in [3.05, 3.63) is 16.3 Å². The standard InChI is InChI=1S/C15H22N4O5/c1-23-15(20)11-2-4-12(5-3-11)18-10-13(19(21)22)14(16-18)17-6-8-24-9-7-17/h10-12H,2-9H2,1H3. The molecule has 0 aromatic carbocycles. The van der Waals surface area contributed by atoms with Crippen LogP contribution < -0.4 is 4.90 Å². The molecule has 1 saturated heterocycles. The Hall–Kier alpha value is -2.16. The molecule has 1 aromatic rings. The highest BCUT2D eigenvalue weighted by Gasteiger charge is 2.32. The van der Waals surface area contributed by atoms with Gasteiger partial charge in [0, 0.05) is 13.1 Å². The van der Waals surface area contributed by atoms with Gasteiger partial charge >= 0.3 is 11.7 Å². The molecule has 0 N–H and O–H groups in total. The third-order valence-electron chi connectivity index (χ3n) is 4.81. The summed E-state index contributed by atoms with van der Waals surface area (Å²) in [4.78, 5) is 24.5. The molecule has 24 heavy (non-hydrogen) atoms. The van der Waals surface area contributed by atoms with E-state index in [-0.39, 0.29) is 28.5 Å². The van der Waals surface area contributed by atoms with E-state index in [1.807, 2.05) is 4.90 Å². The van der Waals surface area contributed by atoms with Gasteiger partial charge in [-0.1, -0.05) is 0 Å². The van der Waals surface area contributed by atoms with Crippen LogP contribution in [0.25, 0.3) is 0 Å². The molecule has 0 radical (unpaired) electrons. The summed E-state index contributed by atoms with van der Waals surface area (Å²) in [5.74, 6) is 0.169. The minimum Gasteiger partial charge on any atom is -0.469 e. The van der Waals surface area contributed by atoms with Crippen LogP contribution in [0.15, 0.2) is 6.20 Å². The molecular weight excluding hydrogens is 316 g/mol. The predicted molar refractivity (Wildman–Crippen MR) is 84.9 cm³/mol. The highest BCUT2D eigenvalue weighted by Crippen LogP contribution is 2.35. The second kappa shape index (κ2) is 7.16. The number of carbonyl (C=O) groups is 1. The fourth-order valence-electron chi connectivity index (χ4n) is 3.43. The average molecular weight is 338 g/mol. The van der Waals surface area contributed by atoms with Gasteiger partial charge in [-0.15, -0.1) is 5.10 Å². The second-order valence-corrected chi connectivity index (χ2v) is 6.20. The van der Waals surface area contributed by atoms with Crippen molar-refractivity contribution in [2.24, 2.45) is 5.92 Å². The van der Waals surface area contributed by atoms with Gasteiger partial charge in [0.2, 0.25) is 5.82 Å². The summed E-state index contributed by atoms with van der Waals surface area (Å²) in [5.41, 5.74) is 0.0343. The number of morpholine rings is 1. The van der Waals surface area contributed by atoms with Crippen LogP contribution in [0.3, 0.4) is 0 Å². The molecule has 9 nitrogen and oxygen atoms in total. The molecule has 0 unspecified atom stereocenters. The Morgan fingerprint density at radius 1 is 1.33 bits per heavy atom. The van der Waals surface area contributed by atoms with Crippen molar-refractivity contribution in [3.8, 4) is 0 Å². The highest BCUT2D eigenvalue weighted by atomic mass is 16.6. The molecule has 132 valence electrons. The summed E-state index contributed by atoms with van der Waals surface area (Å²) < 4.78 is 11.8. The van der Waals surface area contributed by atoms with Crippen LogP contribution in [0.5, 0.6) is 0 Å². The summed E-state index contributed by atoms with van der Waals surface area (Å²) in [6.07, 6.45) is 4.49. The van der Waals surface area contributed by atoms with Crippen LogP contribution >= 0.6 is 0 Å². The fourth-order valence-corrected chi connectivity index (χ4v) is 3.43. The van der Waals surface area contributed by atoms with E-state index in [1.165, 1.54) is 13.3 Å². The second-order valence-electron chi connectivity index (χ2n) is 6.20. The van der Waals surface area contributed by atoms with Gasteiger partial charge in [-0.2, -0.15) is 0 Å². The van der Waals surface area contributed by atoms with Gasteiger partial charge in [0.1, 0.15) is 6.20 Å². The van der Waals surface area contributed by atoms with Gasteiger partial charge < -0.3 is 14.4 Å². The maximum Gasteiger partial charge on any atom is 0.330 e. The van der Waals surface area contributed by atoms with Crippen LogP contribution in [-0.4, -0.2) is 54.1 Å². The number of esters is 1. The lowest BCUT2D eigenvalue weighted by Crippen LogP contribution is -2.37. The van der Waals surface area contributed by atoms with Gasteiger partial charge in [-0.05, 0) is 25.7 Å². The molecule has 0 amide bonds. The monoisotopic (exact) mass is 338 g/mol. The van der Waals surface area contributed by atoms with Crippen LogP contribution in [0.4, 0.5) is 11.5 Å². The first-order valence-electron chi connectivity index (χ1n) is 8.24. The van der Waals surface area contributed by atoms with E-state index in [9.17, 15) is 14.9 Å². The smallest absolute Gasteiger partial charge is 0.330 e. The van der Waals surface area contributed by atoms with Gasteiger partial charge in [0.05, 0.1) is 37.2 Å². The van der Waals surface area contributed by atoms with Crippen molar-refractivity contribution in [2.45, 2.75) is 31.7 Å². The van der Waals surface area contributed by atoms with Crippen LogP contribution in [0.2, 0.25) is 0 Å². The number of rotatable bonds is 4. The fraction of sp³-hybridized carbons (Fsp3) is 0.733.